The van der Waals surface area contributed by atoms with E-state index in [4.69, 9.17) is 4.42 Å². The van der Waals surface area contributed by atoms with Gasteiger partial charge in [-0.25, -0.2) is 0 Å². The molecule has 0 aliphatic rings. The molecule has 17 heavy (non-hydrogen) atoms. The number of hydrogen-bond donors (Lipinski definition) is 1. The zero-order valence-corrected chi connectivity index (χ0v) is 11.6. The van der Waals surface area contributed by atoms with Crippen molar-refractivity contribution in [3.8, 4) is 0 Å². The van der Waals surface area contributed by atoms with E-state index in [-0.39, 0.29) is 6.04 Å². The van der Waals surface area contributed by atoms with E-state index in [0.717, 1.165) is 5.76 Å². The van der Waals surface area contributed by atoms with Gasteiger partial charge in [0, 0.05) is 15.8 Å². The molecule has 0 aliphatic heterocycles. The second-order valence-electron chi connectivity index (χ2n) is 4.49. The van der Waals surface area contributed by atoms with Gasteiger partial charge in [0.2, 0.25) is 0 Å². The van der Waals surface area contributed by atoms with Gasteiger partial charge in [0.1, 0.15) is 5.76 Å². The Morgan fingerprint density at radius 2 is 2.00 bits per heavy atom. The van der Waals surface area contributed by atoms with Crippen LogP contribution in [0.5, 0.6) is 0 Å². The monoisotopic (exact) mass is 249 g/mol. The Balaban J connectivity index is 2.06. The number of nitrogens with one attached hydrogen (secondary N) is 1. The molecule has 2 aromatic rings. The highest BCUT2D eigenvalue weighted by Gasteiger charge is 2.15. The number of hydrogen-bond acceptors (Lipinski definition) is 3. The molecule has 0 saturated carbocycles. The van der Waals surface area contributed by atoms with Crippen LogP contribution in [0.2, 0.25) is 0 Å². The molecular weight excluding hydrogens is 230 g/mol. The lowest BCUT2D eigenvalue weighted by Crippen LogP contribution is -2.22. The SMILES string of the molecule is Cc1cc(C(C)NC(C)c2ccco2)c(C)s1. The zero-order valence-electron chi connectivity index (χ0n) is 10.8. The van der Waals surface area contributed by atoms with E-state index in [2.05, 4.69) is 39.1 Å². The van der Waals surface area contributed by atoms with Gasteiger partial charge >= 0.3 is 0 Å². The van der Waals surface area contributed by atoms with E-state index in [1.807, 2.05) is 23.5 Å². The van der Waals surface area contributed by atoms with E-state index in [0.29, 0.717) is 6.04 Å². The molecule has 0 spiro atoms. The number of furan rings is 1. The number of rotatable bonds is 4. The van der Waals surface area contributed by atoms with Crippen molar-refractivity contribution in [3.63, 3.8) is 0 Å². The van der Waals surface area contributed by atoms with Gasteiger partial charge in [-0.3, -0.25) is 0 Å². The first kappa shape index (κ1) is 12.4. The summed E-state index contributed by atoms with van der Waals surface area (Å²) >= 11 is 1.86. The lowest BCUT2D eigenvalue weighted by Gasteiger charge is -2.18. The van der Waals surface area contributed by atoms with Crippen LogP contribution in [-0.4, -0.2) is 0 Å². The third-order valence-electron chi connectivity index (χ3n) is 3.02. The largest absolute Gasteiger partial charge is 0.468 e. The van der Waals surface area contributed by atoms with E-state index < -0.39 is 0 Å². The van der Waals surface area contributed by atoms with E-state index in [9.17, 15) is 0 Å². The maximum Gasteiger partial charge on any atom is 0.120 e. The summed E-state index contributed by atoms with van der Waals surface area (Å²) in [5, 5.41) is 3.57. The summed E-state index contributed by atoms with van der Waals surface area (Å²) in [6.45, 7) is 8.67. The Kier molecular flexibility index (Phi) is 3.69. The molecule has 0 radical (unpaired) electrons. The molecule has 2 rings (SSSR count). The van der Waals surface area contributed by atoms with Crippen LogP contribution in [-0.2, 0) is 0 Å². The normalized spacial score (nSPS) is 14.8. The van der Waals surface area contributed by atoms with Crippen LogP contribution < -0.4 is 5.32 Å². The molecule has 0 amide bonds. The van der Waals surface area contributed by atoms with Crippen LogP contribution in [0.25, 0.3) is 0 Å². The minimum absolute atomic E-state index is 0.236. The van der Waals surface area contributed by atoms with Gasteiger partial charge in [0.15, 0.2) is 0 Å². The van der Waals surface area contributed by atoms with Crippen molar-refractivity contribution in [3.05, 3.63) is 45.5 Å². The molecule has 2 nitrogen and oxygen atoms in total. The predicted octanol–water partition coefficient (Wildman–Crippen LogP) is 4.37. The summed E-state index contributed by atoms with van der Waals surface area (Å²) in [5.74, 6) is 0.987. The Bertz CT molecular complexity index is 472. The second-order valence-corrected chi connectivity index (χ2v) is 5.95. The van der Waals surface area contributed by atoms with Crippen molar-refractivity contribution in [2.45, 2.75) is 39.8 Å². The third kappa shape index (κ3) is 2.79. The summed E-state index contributed by atoms with van der Waals surface area (Å²) in [7, 11) is 0. The van der Waals surface area contributed by atoms with Crippen molar-refractivity contribution < 1.29 is 4.42 Å². The molecule has 0 aliphatic carbocycles. The minimum Gasteiger partial charge on any atom is -0.468 e. The lowest BCUT2D eigenvalue weighted by molar-refractivity contribution is 0.403. The molecule has 2 aromatic heterocycles. The fourth-order valence-corrected chi connectivity index (χ4v) is 3.19. The molecule has 0 bridgehead atoms. The lowest BCUT2D eigenvalue weighted by atomic mass is 10.1. The Hall–Kier alpha value is -1.06. The van der Waals surface area contributed by atoms with Crippen LogP contribution in [0.4, 0.5) is 0 Å². The van der Waals surface area contributed by atoms with Gasteiger partial charge in [-0.1, -0.05) is 0 Å². The molecule has 2 unspecified atom stereocenters. The number of thiophene rings is 1. The first-order chi connectivity index (χ1) is 8.08. The predicted molar refractivity (Wildman–Crippen MR) is 72.5 cm³/mol. The Morgan fingerprint density at radius 1 is 1.24 bits per heavy atom. The summed E-state index contributed by atoms with van der Waals surface area (Å²) in [6.07, 6.45) is 1.72. The molecule has 2 heterocycles. The van der Waals surface area contributed by atoms with E-state index >= 15 is 0 Å². The van der Waals surface area contributed by atoms with Crippen molar-refractivity contribution in [2.75, 3.05) is 0 Å². The summed E-state index contributed by atoms with van der Waals surface area (Å²) in [6, 6.07) is 6.79. The summed E-state index contributed by atoms with van der Waals surface area (Å²) in [4.78, 5) is 2.77. The van der Waals surface area contributed by atoms with Crippen molar-refractivity contribution in [1.29, 1.82) is 0 Å². The fraction of sp³-hybridized carbons (Fsp3) is 0.429. The van der Waals surface area contributed by atoms with Gasteiger partial charge in [0.25, 0.3) is 0 Å². The highest BCUT2D eigenvalue weighted by atomic mass is 32.1. The van der Waals surface area contributed by atoms with Crippen molar-refractivity contribution in [1.82, 2.24) is 5.32 Å². The zero-order chi connectivity index (χ0) is 12.4. The van der Waals surface area contributed by atoms with Gasteiger partial charge in [-0.15, -0.1) is 11.3 Å². The number of aryl methyl sites for hydroxylation is 2. The smallest absolute Gasteiger partial charge is 0.120 e. The highest BCUT2D eigenvalue weighted by Crippen LogP contribution is 2.28. The molecule has 1 N–H and O–H groups in total. The quantitative estimate of drug-likeness (QED) is 0.870. The molecule has 3 heteroatoms. The van der Waals surface area contributed by atoms with Crippen molar-refractivity contribution in [2.24, 2.45) is 0 Å². The standard InChI is InChI=1S/C14H19NOS/c1-9-8-13(12(4)17-9)10(2)15-11(3)14-6-5-7-16-14/h5-8,10-11,15H,1-4H3. The summed E-state index contributed by atoms with van der Waals surface area (Å²) in [5.41, 5.74) is 1.39. The molecule has 92 valence electrons. The molecule has 2 atom stereocenters. The fourth-order valence-electron chi connectivity index (χ4n) is 2.16. The average molecular weight is 249 g/mol. The average Bonchev–Trinajstić information content (AvgIpc) is 2.87. The summed E-state index contributed by atoms with van der Waals surface area (Å²) < 4.78 is 5.41. The maximum absolute atomic E-state index is 5.41. The highest BCUT2D eigenvalue weighted by molar-refractivity contribution is 7.12. The molecule has 0 aromatic carbocycles. The van der Waals surface area contributed by atoms with Crippen LogP contribution >= 0.6 is 11.3 Å². The van der Waals surface area contributed by atoms with Gasteiger partial charge in [-0.2, -0.15) is 0 Å². The van der Waals surface area contributed by atoms with Crippen LogP contribution in [0.3, 0.4) is 0 Å². The molecule has 0 saturated heterocycles. The van der Waals surface area contributed by atoms with E-state index in [1.54, 1.807) is 6.26 Å². The Morgan fingerprint density at radius 3 is 2.53 bits per heavy atom. The molecule has 0 fully saturated rings. The minimum atomic E-state index is 0.236. The Labute approximate surface area is 107 Å². The van der Waals surface area contributed by atoms with Crippen LogP contribution in [0.15, 0.2) is 28.9 Å². The van der Waals surface area contributed by atoms with Crippen molar-refractivity contribution >= 4 is 11.3 Å². The first-order valence-electron chi connectivity index (χ1n) is 5.94. The third-order valence-corrected chi connectivity index (χ3v) is 4.00. The van der Waals surface area contributed by atoms with Gasteiger partial charge in [0.05, 0.1) is 12.3 Å². The van der Waals surface area contributed by atoms with Crippen LogP contribution in [0, 0.1) is 13.8 Å². The second kappa shape index (κ2) is 5.07. The first-order valence-corrected chi connectivity index (χ1v) is 6.76. The molecular formula is C14H19NOS. The maximum atomic E-state index is 5.41. The topological polar surface area (TPSA) is 25.2 Å². The van der Waals surface area contributed by atoms with Crippen LogP contribution in [0.1, 0.15) is 47.0 Å². The van der Waals surface area contributed by atoms with Gasteiger partial charge in [-0.05, 0) is 51.5 Å². The van der Waals surface area contributed by atoms with E-state index in [1.165, 1.54) is 15.3 Å². The van der Waals surface area contributed by atoms with Gasteiger partial charge < -0.3 is 9.73 Å².